The minimum absolute atomic E-state index is 0.0361. The van der Waals surface area contributed by atoms with Crippen molar-refractivity contribution in [2.24, 2.45) is 0 Å². The highest BCUT2D eigenvalue weighted by molar-refractivity contribution is 7.10. The van der Waals surface area contributed by atoms with Gasteiger partial charge in [-0.25, -0.2) is 9.78 Å². The van der Waals surface area contributed by atoms with E-state index in [0.717, 1.165) is 28.1 Å². The molecule has 0 radical (unpaired) electrons. The highest BCUT2D eigenvalue weighted by Crippen LogP contribution is 2.38. The summed E-state index contributed by atoms with van der Waals surface area (Å²) in [5, 5.41) is 16.4. The Morgan fingerprint density at radius 1 is 1.11 bits per heavy atom. The minimum Gasteiger partial charge on any atom is -0.449 e. The van der Waals surface area contributed by atoms with Gasteiger partial charge in [-0.15, -0.1) is 11.3 Å². The number of fused-ring (bicyclic) bond motifs is 2. The van der Waals surface area contributed by atoms with Gasteiger partial charge in [0.2, 0.25) is 0 Å². The first-order valence-electron chi connectivity index (χ1n) is 11.3. The molecule has 0 spiro atoms. The zero-order valence-electron chi connectivity index (χ0n) is 19.3. The normalized spacial score (nSPS) is 14.4. The van der Waals surface area contributed by atoms with Gasteiger partial charge in [0.1, 0.15) is 5.69 Å². The summed E-state index contributed by atoms with van der Waals surface area (Å²) in [6.07, 6.45) is 2.29. The second-order valence-electron chi connectivity index (χ2n) is 8.33. The number of aromatic nitrogens is 1. The fraction of sp³-hybridized carbons (Fsp3) is 0.148. The van der Waals surface area contributed by atoms with Crippen LogP contribution in [0.2, 0.25) is 0 Å². The summed E-state index contributed by atoms with van der Waals surface area (Å²) in [7, 11) is 0. The SMILES string of the molecule is C[C@@H](OC(=O)c1c2c(nc3ccccc13)/C(=C\c1cccs1)CC2)C(=O)Nc1ccccc1[N+](=O)[O-]. The lowest BCUT2D eigenvalue weighted by molar-refractivity contribution is -0.383. The molecular formula is C27H21N3O5S. The average Bonchev–Trinajstić information content (AvgIpc) is 3.53. The predicted molar refractivity (Wildman–Crippen MR) is 139 cm³/mol. The number of nitrogens with zero attached hydrogens (tertiary/aromatic N) is 2. The molecule has 4 aromatic rings. The number of allylic oxidation sites excluding steroid dienone is 1. The summed E-state index contributed by atoms with van der Waals surface area (Å²) in [5.41, 5.74) is 3.48. The number of hydrogen-bond donors (Lipinski definition) is 1. The Hall–Kier alpha value is -4.37. The number of nitrogens with one attached hydrogen (secondary N) is 1. The molecule has 2 aromatic carbocycles. The first-order valence-corrected chi connectivity index (χ1v) is 12.2. The topological polar surface area (TPSA) is 111 Å². The van der Waals surface area contributed by atoms with Crippen LogP contribution >= 0.6 is 11.3 Å². The number of thiophene rings is 1. The first-order chi connectivity index (χ1) is 17.4. The lowest BCUT2D eigenvalue weighted by Crippen LogP contribution is -2.30. The number of ether oxygens (including phenoxy) is 1. The molecule has 0 unspecified atom stereocenters. The van der Waals surface area contributed by atoms with Crippen LogP contribution in [0.5, 0.6) is 0 Å². The summed E-state index contributed by atoms with van der Waals surface area (Å²) in [4.78, 5) is 42.8. The van der Waals surface area contributed by atoms with Gasteiger partial charge >= 0.3 is 5.97 Å². The van der Waals surface area contributed by atoms with E-state index >= 15 is 0 Å². The van der Waals surface area contributed by atoms with E-state index in [1.807, 2.05) is 41.8 Å². The number of nitro groups is 1. The van der Waals surface area contributed by atoms with E-state index in [4.69, 9.17) is 9.72 Å². The lowest BCUT2D eigenvalue weighted by Gasteiger charge is -2.16. The molecule has 2 heterocycles. The Bertz CT molecular complexity index is 1530. The van der Waals surface area contributed by atoms with E-state index in [9.17, 15) is 19.7 Å². The number of anilines is 1. The molecule has 8 nitrogen and oxygen atoms in total. The largest absolute Gasteiger partial charge is 0.449 e. The summed E-state index contributed by atoms with van der Waals surface area (Å²) in [6, 6.07) is 17.2. The van der Waals surface area contributed by atoms with Crippen molar-refractivity contribution in [2.45, 2.75) is 25.9 Å². The van der Waals surface area contributed by atoms with E-state index in [0.29, 0.717) is 22.9 Å². The van der Waals surface area contributed by atoms with Crippen molar-refractivity contribution in [1.29, 1.82) is 0 Å². The second-order valence-corrected chi connectivity index (χ2v) is 9.31. The molecule has 1 aliphatic rings. The van der Waals surface area contributed by atoms with Gasteiger partial charge in [0.25, 0.3) is 11.6 Å². The molecule has 0 bridgehead atoms. The van der Waals surface area contributed by atoms with Crippen LogP contribution in [0.15, 0.2) is 66.0 Å². The highest BCUT2D eigenvalue weighted by atomic mass is 32.1. The van der Waals surface area contributed by atoms with Crippen LogP contribution < -0.4 is 5.32 Å². The Morgan fingerprint density at radius 3 is 2.67 bits per heavy atom. The Kier molecular flexibility index (Phi) is 6.30. The fourth-order valence-electron chi connectivity index (χ4n) is 4.30. The number of para-hydroxylation sites is 3. The molecule has 0 fully saturated rings. The van der Waals surface area contributed by atoms with E-state index in [1.165, 1.54) is 25.1 Å². The van der Waals surface area contributed by atoms with Gasteiger partial charge in [-0.2, -0.15) is 0 Å². The highest BCUT2D eigenvalue weighted by Gasteiger charge is 2.30. The molecular weight excluding hydrogens is 478 g/mol. The van der Waals surface area contributed by atoms with E-state index in [2.05, 4.69) is 11.4 Å². The molecule has 0 saturated heterocycles. The summed E-state index contributed by atoms with van der Waals surface area (Å²) >= 11 is 1.63. The van der Waals surface area contributed by atoms with Gasteiger partial charge in [-0.1, -0.05) is 36.4 Å². The van der Waals surface area contributed by atoms with Gasteiger partial charge in [-0.3, -0.25) is 14.9 Å². The van der Waals surface area contributed by atoms with Gasteiger partial charge in [0.05, 0.1) is 21.7 Å². The van der Waals surface area contributed by atoms with Crippen molar-refractivity contribution in [2.75, 3.05) is 5.32 Å². The van der Waals surface area contributed by atoms with E-state index < -0.39 is 22.9 Å². The number of hydrogen-bond acceptors (Lipinski definition) is 7. The third-order valence-electron chi connectivity index (χ3n) is 6.02. The molecule has 36 heavy (non-hydrogen) atoms. The maximum absolute atomic E-state index is 13.4. The number of pyridine rings is 1. The Labute approximate surface area is 210 Å². The van der Waals surface area contributed by atoms with Crippen LogP contribution in [0.4, 0.5) is 11.4 Å². The van der Waals surface area contributed by atoms with E-state index in [-0.39, 0.29) is 11.4 Å². The summed E-state index contributed by atoms with van der Waals surface area (Å²) in [6.45, 7) is 1.44. The van der Waals surface area contributed by atoms with Gasteiger partial charge in [0.15, 0.2) is 6.10 Å². The van der Waals surface area contributed by atoms with Crippen LogP contribution in [-0.4, -0.2) is 27.9 Å². The van der Waals surface area contributed by atoms with E-state index in [1.54, 1.807) is 17.4 Å². The van der Waals surface area contributed by atoms with Crippen LogP contribution in [0, 0.1) is 10.1 Å². The quantitative estimate of drug-likeness (QED) is 0.202. The van der Waals surface area contributed by atoms with Gasteiger partial charge in [0, 0.05) is 16.3 Å². The van der Waals surface area contributed by atoms with Crippen LogP contribution in [0.1, 0.15) is 39.8 Å². The van der Waals surface area contributed by atoms with Crippen molar-refractivity contribution in [3.8, 4) is 0 Å². The van der Waals surface area contributed by atoms with Crippen molar-refractivity contribution in [1.82, 2.24) is 4.98 Å². The molecule has 1 N–H and O–H groups in total. The molecule has 9 heteroatoms. The molecule has 0 saturated carbocycles. The lowest BCUT2D eigenvalue weighted by atomic mass is 10.0. The molecule has 0 aliphatic heterocycles. The van der Waals surface area contributed by atoms with Crippen molar-refractivity contribution in [3.63, 3.8) is 0 Å². The molecule has 1 atom stereocenters. The molecule has 1 amide bonds. The maximum atomic E-state index is 13.4. The smallest absolute Gasteiger partial charge is 0.339 e. The van der Waals surface area contributed by atoms with Crippen LogP contribution in [-0.2, 0) is 16.0 Å². The first kappa shape index (κ1) is 23.4. The second kappa shape index (κ2) is 9.71. The van der Waals surface area contributed by atoms with Crippen LogP contribution in [0.25, 0.3) is 22.6 Å². The predicted octanol–water partition coefficient (Wildman–Crippen LogP) is 5.88. The molecule has 2 aromatic heterocycles. The zero-order chi connectivity index (χ0) is 25.2. The summed E-state index contributed by atoms with van der Waals surface area (Å²) in [5.74, 6) is -1.29. The minimum atomic E-state index is -1.18. The van der Waals surface area contributed by atoms with Crippen molar-refractivity contribution >= 4 is 57.1 Å². The van der Waals surface area contributed by atoms with Gasteiger partial charge < -0.3 is 10.1 Å². The van der Waals surface area contributed by atoms with Gasteiger partial charge in [-0.05, 0) is 60.6 Å². The third kappa shape index (κ3) is 4.48. The number of carbonyl (C=O) groups excluding carboxylic acids is 2. The number of carbonyl (C=O) groups is 2. The number of nitro benzene ring substituents is 1. The zero-order valence-corrected chi connectivity index (χ0v) is 20.1. The number of esters is 1. The van der Waals surface area contributed by atoms with Crippen LogP contribution in [0.3, 0.4) is 0 Å². The average molecular weight is 500 g/mol. The summed E-state index contributed by atoms with van der Waals surface area (Å²) < 4.78 is 5.58. The standard InChI is InChI=1S/C27H21N3O5S/c1-16(26(31)29-22-10-4-5-11-23(22)30(33)34)35-27(32)24-19-8-2-3-9-21(19)28-25-17(12-13-20(24)25)15-18-7-6-14-36-18/h2-11,14-16H,12-13H2,1H3,(H,29,31)/b17-15-/t16-/m1/s1. The number of amides is 1. The monoisotopic (exact) mass is 499 g/mol. The Balaban J connectivity index is 1.45. The van der Waals surface area contributed by atoms with Crippen molar-refractivity contribution in [3.05, 3.63) is 97.9 Å². The molecule has 1 aliphatic carbocycles. The molecule has 180 valence electrons. The fourth-order valence-corrected chi connectivity index (χ4v) is 4.98. The van der Waals surface area contributed by atoms with Crippen molar-refractivity contribution < 1.29 is 19.2 Å². The maximum Gasteiger partial charge on any atom is 0.339 e. The number of benzene rings is 2. The Morgan fingerprint density at radius 2 is 1.89 bits per heavy atom. The third-order valence-corrected chi connectivity index (χ3v) is 6.84. The molecule has 5 rings (SSSR count). The number of rotatable bonds is 6.